The SMILES string of the molecule is CC(C)(C)Nc1cc(C(=O)NCCc2ccc(S(N)(=O)=O)cc2)ccn1. The minimum Gasteiger partial charge on any atom is -0.365 e. The van der Waals surface area contributed by atoms with Crippen LogP contribution in [0, 0.1) is 0 Å². The zero-order valence-corrected chi connectivity index (χ0v) is 15.9. The molecule has 0 radical (unpaired) electrons. The molecule has 0 saturated heterocycles. The quantitative estimate of drug-likeness (QED) is 0.712. The Hall–Kier alpha value is -2.45. The Bertz CT molecular complexity index is 872. The molecule has 1 amide bonds. The van der Waals surface area contributed by atoms with E-state index in [1.165, 1.54) is 12.1 Å². The Kier molecular flexibility index (Phi) is 5.99. The Balaban J connectivity index is 1.92. The van der Waals surface area contributed by atoms with Crippen LogP contribution in [-0.2, 0) is 16.4 Å². The van der Waals surface area contributed by atoms with Crippen molar-refractivity contribution in [3.05, 3.63) is 53.7 Å². The van der Waals surface area contributed by atoms with E-state index in [-0.39, 0.29) is 16.3 Å². The molecule has 1 aromatic heterocycles. The summed E-state index contributed by atoms with van der Waals surface area (Å²) >= 11 is 0. The minimum absolute atomic E-state index is 0.0703. The van der Waals surface area contributed by atoms with Crippen LogP contribution in [0.3, 0.4) is 0 Å². The molecule has 0 unspecified atom stereocenters. The molecule has 0 aliphatic heterocycles. The maximum atomic E-state index is 12.3. The fraction of sp³-hybridized carbons (Fsp3) is 0.333. The van der Waals surface area contributed by atoms with Crippen molar-refractivity contribution < 1.29 is 13.2 Å². The van der Waals surface area contributed by atoms with Gasteiger partial charge < -0.3 is 10.6 Å². The monoisotopic (exact) mass is 376 g/mol. The van der Waals surface area contributed by atoms with Gasteiger partial charge in [0, 0.05) is 23.8 Å². The summed E-state index contributed by atoms with van der Waals surface area (Å²) in [6.07, 6.45) is 2.17. The standard InChI is InChI=1S/C18H24N4O3S/c1-18(2,3)22-16-12-14(9-11-20-16)17(23)21-10-8-13-4-6-15(7-5-13)26(19,24)25/h4-7,9,11-12H,8,10H2,1-3H3,(H,20,22)(H,21,23)(H2,19,24,25). The molecule has 0 aliphatic rings. The van der Waals surface area contributed by atoms with Crippen molar-refractivity contribution in [3.63, 3.8) is 0 Å². The van der Waals surface area contributed by atoms with Gasteiger partial charge in [0.2, 0.25) is 10.0 Å². The van der Waals surface area contributed by atoms with Crippen LogP contribution in [0.2, 0.25) is 0 Å². The highest BCUT2D eigenvalue weighted by molar-refractivity contribution is 7.89. The molecule has 0 aliphatic carbocycles. The maximum absolute atomic E-state index is 12.3. The number of rotatable bonds is 6. The van der Waals surface area contributed by atoms with Crippen molar-refractivity contribution >= 4 is 21.7 Å². The van der Waals surface area contributed by atoms with E-state index in [0.717, 1.165) is 5.56 Å². The molecular formula is C18H24N4O3S. The summed E-state index contributed by atoms with van der Waals surface area (Å²) in [5.41, 5.74) is 1.28. The fourth-order valence-corrected chi connectivity index (χ4v) is 2.81. The van der Waals surface area contributed by atoms with Gasteiger partial charge in [0.15, 0.2) is 0 Å². The summed E-state index contributed by atoms with van der Waals surface area (Å²) < 4.78 is 22.5. The molecule has 8 heteroatoms. The third kappa shape index (κ3) is 6.12. The van der Waals surface area contributed by atoms with E-state index < -0.39 is 10.0 Å². The van der Waals surface area contributed by atoms with E-state index >= 15 is 0 Å². The van der Waals surface area contributed by atoms with Crippen LogP contribution in [0.15, 0.2) is 47.5 Å². The first-order chi connectivity index (χ1) is 12.0. The van der Waals surface area contributed by atoms with Gasteiger partial charge in [-0.1, -0.05) is 12.1 Å². The van der Waals surface area contributed by atoms with E-state index in [2.05, 4.69) is 15.6 Å². The first-order valence-electron chi connectivity index (χ1n) is 8.19. The number of primary sulfonamides is 1. The number of nitrogens with one attached hydrogen (secondary N) is 2. The molecular weight excluding hydrogens is 352 g/mol. The van der Waals surface area contributed by atoms with Gasteiger partial charge in [0.1, 0.15) is 5.82 Å². The Morgan fingerprint density at radius 3 is 2.38 bits per heavy atom. The zero-order chi connectivity index (χ0) is 19.4. The number of amides is 1. The van der Waals surface area contributed by atoms with Gasteiger partial charge >= 0.3 is 0 Å². The van der Waals surface area contributed by atoms with E-state index in [0.29, 0.717) is 24.3 Å². The second-order valence-corrected chi connectivity index (χ2v) is 8.56. The highest BCUT2D eigenvalue weighted by Gasteiger charge is 2.12. The number of nitrogens with zero attached hydrogens (tertiary/aromatic N) is 1. The van der Waals surface area contributed by atoms with Crippen LogP contribution in [0.25, 0.3) is 0 Å². The minimum atomic E-state index is -3.69. The Morgan fingerprint density at radius 1 is 1.15 bits per heavy atom. The van der Waals surface area contributed by atoms with Crippen molar-refractivity contribution in [2.75, 3.05) is 11.9 Å². The molecule has 1 heterocycles. The second kappa shape index (κ2) is 7.84. The summed E-state index contributed by atoms with van der Waals surface area (Å²) in [5, 5.41) is 11.1. The number of carbonyl (C=O) groups is 1. The second-order valence-electron chi connectivity index (χ2n) is 7.00. The summed E-state index contributed by atoms with van der Waals surface area (Å²) in [4.78, 5) is 16.6. The van der Waals surface area contributed by atoms with Crippen molar-refractivity contribution in [1.29, 1.82) is 0 Å². The molecule has 140 valence electrons. The van der Waals surface area contributed by atoms with Crippen LogP contribution >= 0.6 is 0 Å². The first kappa shape index (κ1) is 19.9. The van der Waals surface area contributed by atoms with E-state index in [9.17, 15) is 13.2 Å². The average molecular weight is 376 g/mol. The van der Waals surface area contributed by atoms with Crippen molar-refractivity contribution in [2.45, 2.75) is 37.6 Å². The third-order valence-corrected chi connectivity index (χ3v) is 4.41. The van der Waals surface area contributed by atoms with E-state index in [1.54, 1.807) is 30.5 Å². The van der Waals surface area contributed by atoms with E-state index in [4.69, 9.17) is 5.14 Å². The van der Waals surface area contributed by atoms with Crippen molar-refractivity contribution in [3.8, 4) is 0 Å². The predicted octanol–water partition coefficient (Wildman–Crippen LogP) is 1.91. The largest absolute Gasteiger partial charge is 0.365 e. The van der Waals surface area contributed by atoms with E-state index in [1.807, 2.05) is 20.8 Å². The van der Waals surface area contributed by atoms with Gasteiger partial charge in [-0.2, -0.15) is 0 Å². The lowest BCUT2D eigenvalue weighted by molar-refractivity contribution is 0.0954. The first-order valence-corrected chi connectivity index (χ1v) is 9.73. The highest BCUT2D eigenvalue weighted by atomic mass is 32.2. The number of hydrogen-bond acceptors (Lipinski definition) is 5. The molecule has 0 spiro atoms. The number of sulfonamides is 1. The van der Waals surface area contributed by atoms with Crippen molar-refractivity contribution in [1.82, 2.24) is 10.3 Å². The van der Waals surface area contributed by atoms with Crippen LogP contribution in [-0.4, -0.2) is 31.4 Å². The number of anilines is 1. The van der Waals surface area contributed by atoms with Gasteiger partial charge in [-0.05, 0) is 57.0 Å². The number of pyridine rings is 1. The Morgan fingerprint density at radius 2 is 1.81 bits per heavy atom. The smallest absolute Gasteiger partial charge is 0.251 e. The molecule has 1 aromatic carbocycles. The lowest BCUT2D eigenvalue weighted by Crippen LogP contribution is -2.28. The maximum Gasteiger partial charge on any atom is 0.251 e. The number of nitrogens with two attached hydrogens (primary N) is 1. The molecule has 0 atom stereocenters. The summed E-state index contributed by atoms with van der Waals surface area (Å²) in [7, 11) is -3.69. The van der Waals surface area contributed by atoms with Gasteiger partial charge in [-0.25, -0.2) is 18.5 Å². The van der Waals surface area contributed by atoms with Gasteiger partial charge in [-0.15, -0.1) is 0 Å². The van der Waals surface area contributed by atoms with Crippen LogP contribution in [0.1, 0.15) is 36.7 Å². The van der Waals surface area contributed by atoms with Gasteiger partial charge in [-0.3, -0.25) is 4.79 Å². The normalized spacial score (nSPS) is 11.8. The lowest BCUT2D eigenvalue weighted by atomic mass is 10.1. The Labute approximate surface area is 154 Å². The van der Waals surface area contributed by atoms with Crippen LogP contribution in [0.4, 0.5) is 5.82 Å². The topological polar surface area (TPSA) is 114 Å². The van der Waals surface area contributed by atoms with Crippen LogP contribution in [0.5, 0.6) is 0 Å². The molecule has 2 aromatic rings. The lowest BCUT2D eigenvalue weighted by Gasteiger charge is -2.21. The molecule has 4 N–H and O–H groups in total. The third-order valence-electron chi connectivity index (χ3n) is 3.48. The highest BCUT2D eigenvalue weighted by Crippen LogP contribution is 2.13. The summed E-state index contributed by atoms with van der Waals surface area (Å²) in [5.74, 6) is 0.453. The summed E-state index contributed by atoms with van der Waals surface area (Å²) in [6.45, 7) is 6.48. The molecule has 0 bridgehead atoms. The number of hydrogen-bond donors (Lipinski definition) is 3. The summed E-state index contributed by atoms with van der Waals surface area (Å²) in [6, 6.07) is 9.65. The number of carbonyl (C=O) groups excluding carboxylic acids is 1. The molecule has 2 rings (SSSR count). The fourth-order valence-electron chi connectivity index (χ4n) is 2.29. The zero-order valence-electron chi connectivity index (χ0n) is 15.1. The predicted molar refractivity (Wildman–Crippen MR) is 101 cm³/mol. The van der Waals surface area contributed by atoms with Crippen molar-refractivity contribution in [2.24, 2.45) is 5.14 Å². The van der Waals surface area contributed by atoms with Gasteiger partial charge in [0.05, 0.1) is 4.90 Å². The van der Waals surface area contributed by atoms with Gasteiger partial charge in [0.25, 0.3) is 5.91 Å². The molecule has 7 nitrogen and oxygen atoms in total. The number of benzene rings is 1. The number of aromatic nitrogens is 1. The molecule has 26 heavy (non-hydrogen) atoms. The average Bonchev–Trinajstić information content (AvgIpc) is 2.53. The molecule has 0 fully saturated rings. The van der Waals surface area contributed by atoms with Crippen LogP contribution < -0.4 is 15.8 Å². The molecule has 0 saturated carbocycles.